The Morgan fingerprint density at radius 1 is 0.950 bits per heavy atom. The van der Waals surface area contributed by atoms with Crippen molar-refractivity contribution < 1.29 is 33.4 Å². The summed E-state index contributed by atoms with van der Waals surface area (Å²) in [5.41, 5.74) is -0.585. The van der Waals surface area contributed by atoms with Crippen LogP contribution in [0.25, 0.3) is 0 Å². The van der Waals surface area contributed by atoms with Crippen molar-refractivity contribution in [1.29, 1.82) is 0 Å². The second-order valence-corrected chi connectivity index (χ2v) is 13.5. The van der Waals surface area contributed by atoms with Gasteiger partial charge in [0.1, 0.15) is 5.75 Å². The van der Waals surface area contributed by atoms with Crippen molar-refractivity contribution in [2.75, 3.05) is 7.11 Å². The molecule has 9 heteroatoms. The third-order valence-electron chi connectivity index (χ3n) is 10.4. The maximum Gasteiger partial charge on any atom is 0.309 e. The van der Waals surface area contributed by atoms with Crippen molar-refractivity contribution in [3.63, 3.8) is 0 Å². The molecule has 4 fully saturated rings. The zero-order valence-electron chi connectivity index (χ0n) is 24.1. The summed E-state index contributed by atoms with van der Waals surface area (Å²) in [5, 5.41) is 15.9. The van der Waals surface area contributed by atoms with Crippen LogP contribution in [0.5, 0.6) is 11.5 Å². The second-order valence-electron chi connectivity index (χ2n) is 13.5. The number of fused-ring (bicyclic) bond motifs is 2. The number of methoxy groups -OCH3 is 1. The summed E-state index contributed by atoms with van der Waals surface area (Å²) in [6.45, 7) is 6.12. The van der Waals surface area contributed by atoms with E-state index in [4.69, 9.17) is 9.47 Å². The number of carbonyl (C=O) groups excluding carboxylic acids is 2. The van der Waals surface area contributed by atoms with E-state index in [9.17, 15) is 23.9 Å². The number of nitrogens with one attached hydrogen (secondary N) is 2. The molecule has 5 atom stereocenters. The van der Waals surface area contributed by atoms with Crippen molar-refractivity contribution in [3.05, 3.63) is 23.5 Å². The van der Waals surface area contributed by atoms with Crippen molar-refractivity contribution >= 4 is 17.8 Å². The molecule has 0 aromatic heterocycles. The van der Waals surface area contributed by atoms with E-state index in [0.717, 1.165) is 44.6 Å². The number of rotatable bonds is 8. The molecule has 4 aliphatic rings. The molecule has 3 N–H and O–H groups in total. The van der Waals surface area contributed by atoms with E-state index >= 15 is 0 Å². The van der Waals surface area contributed by atoms with Crippen LogP contribution in [0.1, 0.15) is 95.3 Å². The number of ether oxygens (including phenoxy) is 2. The molecule has 4 aliphatic carbocycles. The van der Waals surface area contributed by atoms with Crippen LogP contribution in [-0.2, 0) is 9.59 Å². The zero-order chi connectivity index (χ0) is 28.8. The Balaban J connectivity index is 1.30. The summed E-state index contributed by atoms with van der Waals surface area (Å²) < 4.78 is 26.3. The van der Waals surface area contributed by atoms with Crippen LogP contribution < -0.4 is 20.1 Å². The molecule has 0 unspecified atom stereocenters. The molecule has 0 radical (unpaired) electrons. The lowest BCUT2D eigenvalue weighted by Gasteiger charge is -2.34. The number of carboxylic acids is 1. The average molecular weight is 559 g/mol. The minimum absolute atomic E-state index is 0.0261. The Morgan fingerprint density at radius 3 is 2.27 bits per heavy atom. The lowest BCUT2D eigenvalue weighted by molar-refractivity contribution is -0.150. The number of benzene rings is 1. The van der Waals surface area contributed by atoms with Crippen molar-refractivity contribution in [2.45, 2.75) is 103 Å². The average Bonchev–Trinajstić information content (AvgIpc) is 3.61. The zero-order valence-corrected chi connectivity index (χ0v) is 24.1. The number of halogens is 1. The first kappa shape index (κ1) is 28.7. The first-order valence-electron chi connectivity index (χ1n) is 14.8. The highest BCUT2D eigenvalue weighted by Gasteiger charge is 2.52. The first-order chi connectivity index (χ1) is 18.9. The fourth-order valence-corrected chi connectivity index (χ4v) is 7.68. The largest absolute Gasteiger partial charge is 0.496 e. The Bertz CT molecular complexity index is 1160. The number of carbonyl (C=O) groups is 3. The van der Waals surface area contributed by atoms with Gasteiger partial charge in [0.05, 0.1) is 30.1 Å². The normalized spacial score (nSPS) is 34.3. The molecule has 1 aromatic rings. The summed E-state index contributed by atoms with van der Waals surface area (Å²) in [6.07, 6.45) is 7.53. The van der Waals surface area contributed by atoms with E-state index in [1.165, 1.54) is 13.2 Å². The van der Waals surface area contributed by atoms with Gasteiger partial charge in [-0.1, -0.05) is 20.3 Å². The standard InChI is InChI=1S/C31H43FN2O6/c1-30(2)11-5-6-24(30)33-28(36)25-17-7-8-18(14-17)26(25)34-27(35)20-15-23(21(32)16-22(20)39-4)40-19-9-12-31(3,13-10-19)29(37)38/h15-19,24-26H,5-14H2,1-4H3,(H,33,36)(H,34,35)(H,37,38)/t17-,18+,19?,24+,25+,26-,31?/m1/s1. The van der Waals surface area contributed by atoms with Gasteiger partial charge in [-0.3, -0.25) is 14.4 Å². The molecule has 5 rings (SSSR count). The van der Waals surface area contributed by atoms with E-state index in [1.807, 2.05) is 0 Å². The highest BCUT2D eigenvalue weighted by molar-refractivity contribution is 5.98. The fraction of sp³-hybridized carbons (Fsp3) is 0.710. The van der Waals surface area contributed by atoms with Gasteiger partial charge < -0.3 is 25.2 Å². The quantitative estimate of drug-likeness (QED) is 0.410. The molecule has 0 heterocycles. The van der Waals surface area contributed by atoms with Crippen molar-refractivity contribution in [2.24, 2.45) is 28.6 Å². The minimum Gasteiger partial charge on any atom is -0.496 e. The Hall–Kier alpha value is -2.84. The van der Waals surface area contributed by atoms with Gasteiger partial charge >= 0.3 is 5.97 Å². The Labute approximate surface area is 235 Å². The summed E-state index contributed by atoms with van der Waals surface area (Å²) in [6, 6.07) is 2.38. The summed E-state index contributed by atoms with van der Waals surface area (Å²) in [4.78, 5) is 38.7. The van der Waals surface area contributed by atoms with E-state index in [1.54, 1.807) is 6.92 Å². The summed E-state index contributed by atoms with van der Waals surface area (Å²) >= 11 is 0. The molecule has 8 nitrogen and oxygen atoms in total. The van der Waals surface area contributed by atoms with Gasteiger partial charge in [0.15, 0.2) is 11.6 Å². The topological polar surface area (TPSA) is 114 Å². The smallest absolute Gasteiger partial charge is 0.309 e. The molecule has 0 spiro atoms. The van der Waals surface area contributed by atoms with Gasteiger partial charge in [0.25, 0.3) is 5.91 Å². The lowest BCUT2D eigenvalue weighted by Crippen LogP contribution is -2.53. The molecule has 220 valence electrons. The summed E-state index contributed by atoms with van der Waals surface area (Å²) in [7, 11) is 1.39. The van der Waals surface area contributed by atoms with E-state index in [-0.39, 0.29) is 64.3 Å². The molecule has 40 heavy (non-hydrogen) atoms. The molecule has 0 saturated heterocycles. The lowest BCUT2D eigenvalue weighted by atomic mass is 9.75. The second kappa shape index (κ2) is 10.9. The van der Waals surface area contributed by atoms with Gasteiger partial charge in [-0.05, 0) is 88.0 Å². The highest BCUT2D eigenvalue weighted by atomic mass is 19.1. The maximum absolute atomic E-state index is 15.0. The van der Waals surface area contributed by atoms with Crippen LogP contribution >= 0.6 is 0 Å². The van der Waals surface area contributed by atoms with E-state index < -0.39 is 23.1 Å². The molecular formula is C31H43FN2O6. The van der Waals surface area contributed by atoms with Crippen LogP contribution in [0, 0.1) is 34.4 Å². The SMILES string of the molecule is COc1cc(F)c(OC2CCC(C)(C(=O)O)CC2)cc1C(=O)N[C@@H]1[C@H]2CC[C@H](C2)[C@@H]1C(=O)N[C@H]1CCCC1(C)C. The van der Waals surface area contributed by atoms with Gasteiger partial charge in [0.2, 0.25) is 5.91 Å². The number of amides is 2. The first-order valence-corrected chi connectivity index (χ1v) is 14.8. The van der Waals surface area contributed by atoms with Gasteiger partial charge in [-0.2, -0.15) is 0 Å². The van der Waals surface area contributed by atoms with Crippen LogP contribution in [0.3, 0.4) is 0 Å². The van der Waals surface area contributed by atoms with Crippen LogP contribution in [0.15, 0.2) is 12.1 Å². The van der Waals surface area contributed by atoms with Crippen molar-refractivity contribution in [3.8, 4) is 11.5 Å². The molecule has 4 saturated carbocycles. The monoisotopic (exact) mass is 558 g/mol. The van der Waals surface area contributed by atoms with Crippen molar-refractivity contribution in [1.82, 2.24) is 10.6 Å². The third kappa shape index (κ3) is 5.40. The molecule has 0 aliphatic heterocycles. The number of aliphatic carboxylic acids is 1. The Morgan fingerprint density at radius 2 is 1.65 bits per heavy atom. The predicted octanol–water partition coefficient (Wildman–Crippen LogP) is 5.09. The van der Waals surface area contributed by atoms with Crippen LogP contribution in [0.4, 0.5) is 4.39 Å². The third-order valence-corrected chi connectivity index (χ3v) is 10.4. The van der Waals surface area contributed by atoms with Crippen LogP contribution in [0.2, 0.25) is 0 Å². The van der Waals surface area contributed by atoms with Crippen LogP contribution in [-0.4, -0.2) is 48.2 Å². The summed E-state index contributed by atoms with van der Waals surface area (Å²) in [5.74, 6) is -1.63. The fourth-order valence-electron chi connectivity index (χ4n) is 7.68. The Kier molecular flexibility index (Phi) is 7.79. The highest BCUT2D eigenvalue weighted by Crippen LogP contribution is 2.49. The van der Waals surface area contributed by atoms with Gasteiger partial charge in [-0.15, -0.1) is 0 Å². The number of hydrogen-bond acceptors (Lipinski definition) is 5. The van der Waals surface area contributed by atoms with E-state index in [0.29, 0.717) is 25.7 Å². The van der Waals surface area contributed by atoms with Gasteiger partial charge in [0, 0.05) is 18.2 Å². The maximum atomic E-state index is 15.0. The van der Waals surface area contributed by atoms with E-state index in [2.05, 4.69) is 24.5 Å². The van der Waals surface area contributed by atoms with Gasteiger partial charge in [-0.25, -0.2) is 4.39 Å². The molecule has 1 aromatic carbocycles. The minimum atomic E-state index is -0.833. The molecular weight excluding hydrogens is 515 g/mol. The molecule has 2 bridgehead atoms. The number of hydrogen-bond donors (Lipinski definition) is 3. The molecule has 2 amide bonds. The predicted molar refractivity (Wildman–Crippen MR) is 147 cm³/mol. The number of carboxylic acid groups (broad SMARTS) is 1.